The van der Waals surface area contributed by atoms with Crippen LogP contribution in [0.5, 0.6) is 0 Å². The Balaban J connectivity index is 2.93. The van der Waals surface area contributed by atoms with Crippen molar-refractivity contribution in [1.82, 2.24) is 8.75 Å². The van der Waals surface area contributed by atoms with Crippen molar-refractivity contribution in [3.8, 4) is 0 Å². The Morgan fingerprint density at radius 1 is 1.82 bits per heavy atom. The van der Waals surface area contributed by atoms with E-state index < -0.39 is 11.1 Å². The van der Waals surface area contributed by atoms with Gasteiger partial charge in [0.2, 0.25) is 11.3 Å². The number of aliphatic hydroxyl groups excluding tert-OH is 1. The number of H-pyrrole nitrogens is 1. The maximum absolute atomic E-state index is 10.6. The Bertz CT molecular complexity index is 291. The van der Waals surface area contributed by atoms with Gasteiger partial charge in [-0.15, -0.1) is 4.37 Å². The molecule has 1 atom stereocenters. The van der Waals surface area contributed by atoms with E-state index in [0.29, 0.717) is 0 Å². The highest BCUT2D eigenvalue weighted by molar-refractivity contribution is 7.13. The number of hydrogen-bond acceptors (Lipinski definition) is 5. The van der Waals surface area contributed by atoms with Crippen molar-refractivity contribution in [1.29, 1.82) is 0 Å². The number of aromatic amines is 1. The zero-order valence-corrected chi connectivity index (χ0v) is 6.47. The first-order valence-electron chi connectivity index (χ1n) is 2.92. The largest absolute Gasteiger partial charge is 0.548 e. The third kappa shape index (κ3) is 2.00. The fraction of sp³-hybridized carbons (Fsp3) is 0.500. The third-order valence-corrected chi connectivity index (χ3v) is 1.71. The molecule has 1 rings (SSSR count). The summed E-state index contributed by atoms with van der Waals surface area (Å²) < 4.78 is 16.5. The van der Waals surface area contributed by atoms with E-state index in [2.05, 4.69) is 13.7 Å². The average Bonchev–Trinajstić information content (AvgIpc) is 2.26. The molecule has 7 heteroatoms. The van der Waals surface area contributed by atoms with Crippen molar-refractivity contribution >= 4 is 17.0 Å². The van der Waals surface area contributed by atoms with Crippen LogP contribution in [-0.4, -0.2) is 31.6 Å². The Morgan fingerprint density at radius 3 is 3.00 bits per heavy atom. The van der Waals surface area contributed by atoms with E-state index in [-0.39, 0.29) is 24.5 Å². The van der Waals surface area contributed by atoms with E-state index in [9.17, 15) is 4.55 Å². The normalized spacial score (nSPS) is 14.0. The van der Waals surface area contributed by atoms with Crippen molar-refractivity contribution in [3.05, 3.63) is 5.49 Å². The molecule has 0 radical (unpaired) electrons. The van der Waals surface area contributed by atoms with Crippen LogP contribution in [0.2, 0.25) is 0 Å². The molecule has 1 heterocycles. The van der Waals surface area contributed by atoms with Gasteiger partial charge in [-0.1, -0.05) is 0 Å². The molecule has 0 aromatic carbocycles. The first-order valence-corrected chi connectivity index (χ1v) is 4.03. The maximum Gasteiger partial charge on any atom is 0.229 e. The zero-order chi connectivity index (χ0) is 8.27. The van der Waals surface area contributed by atoms with E-state index in [1.165, 1.54) is 0 Å². The van der Waals surface area contributed by atoms with Gasteiger partial charge >= 0.3 is 0 Å². The number of rotatable bonds is 2. The van der Waals surface area contributed by atoms with Gasteiger partial charge in [-0.3, -0.25) is 4.99 Å². The van der Waals surface area contributed by atoms with Crippen molar-refractivity contribution in [3.63, 3.8) is 0 Å². The molecule has 0 fully saturated rings. The number of nitrogens with zero attached hydrogens (tertiary/aromatic N) is 2. The highest BCUT2D eigenvalue weighted by atomic mass is 32.2. The van der Waals surface area contributed by atoms with Crippen LogP contribution < -0.4 is 11.2 Å². The van der Waals surface area contributed by atoms with Crippen LogP contribution in [0, 0.1) is 0 Å². The zero-order valence-electron chi connectivity index (χ0n) is 5.65. The Morgan fingerprint density at radius 2 is 2.55 bits per heavy atom. The van der Waals surface area contributed by atoms with Crippen LogP contribution in [0.15, 0.2) is 4.99 Å². The fourth-order valence-corrected chi connectivity index (χ4v) is 1.21. The third-order valence-electron chi connectivity index (χ3n) is 0.978. The standard InChI is InChI=1S/C4H8N4O2S/c5-3-4(6-1-2-9)8-11(10)7-3/h9H,1-2H2,(H2,5,7)(H,6,8). The van der Waals surface area contributed by atoms with Gasteiger partial charge in [0.15, 0.2) is 11.1 Å². The summed E-state index contributed by atoms with van der Waals surface area (Å²) in [4.78, 5) is 3.78. The number of aromatic nitrogens is 2. The Kier molecular flexibility index (Phi) is 2.58. The summed E-state index contributed by atoms with van der Waals surface area (Å²) in [5.74, 6) is 0.122. The van der Waals surface area contributed by atoms with Gasteiger partial charge in [0.05, 0.1) is 13.2 Å². The number of aliphatic hydroxyl groups is 1. The van der Waals surface area contributed by atoms with Gasteiger partial charge in [-0.2, -0.15) is 0 Å². The lowest BCUT2D eigenvalue weighted by molar-refractivity contribution is 0.305. The smallest absolute Gasteiger partial charge is 0.229 e. The molecule has 6 nitrogen and oxygen atoms in total. The highest BCUT2D eigenvalue weighted by Crippen LogP contribution is 1.98. The summed E-state index contributed by atoms with van der Waals surface area (Å²) >= 11 is -1.49. The van der Waals surface area contributed by atoms with Gasteiger partial charge in [-0.05, 0) is 0 Å². The van der Waals surface area contributed by atoms with E-state index in [0.717, 1.165) is 0 Å². The molecule has 0 saturated heterocycles. The van der Waals surface area contributed by atoms with Crippen LogP contribution in [-0.2, 0) is 0 Å². The molecule has 1 unspecified atom stereocenters. The second-order valence-electron chi connectivity index (χ2n) is 1.78. The minimum atomic E-state index is -1.49. The van der Waals surface area contributed by atoms with E-state index in [1.54, 1.807) is 0 Å². The SMILES string of the molecule is Nc1n[s+]([O-])[nH]c1=NCCO. The Hall–Kier alpha value is -0.920. The number of nitrogens with one attached hydrogen (secondary N) is 1. The number of hydrogen-bond donors (Lipinski definition) is 3. The minimum absolute atomic E-state index is 0.0644. The van der Waals surface area contributed by atoms with Crippen molar-refractivity contribution < 1.29 is 9.66 Å². The average molecular weight is 176 g/mol. The molecular weight excluding hydrogens is 168 g/mol. The summed E-state index contributed by atoms with van der Waals surface area (Å²) in [6.45, 7) is 0.168. The summed E-state index contributed by atoms with van der Waals surface area (Å²) in [6.07, 6.45) is 0. The first kappa shape index (κ1) is 8.18. The van der Waals surface area contributed by atoms with Crippen LogP contribution >= 0.6 is 11.1 Å². The second kappa shape index (κ2) is 3.46. The van der Waals surface area contributed by atoms with Crippen LogP contribution in [0.4, 0.5) is 5.82 Å². The minimum Gasteiger partial charge on any atom is -0.548 e. The molecule has 62 valence electrons. The van der Waals surface area contributed by atoms with E-state index >= 15 is 0 Å². The summed E-state index contributed by atoms with van der Waals surface area (Å²) in [7, 11) is 0. The summed E-state index contributed by atoms with van der Waals surface area (Å²) in [5, 5.41) is 8.39. The van der Waals surface area contributed by atoms with Gasteiger partial charge in [0.25, 0.3) is 0 Å². The van der Waals surface area contributed by atoms with Gasteiger partial charge in [0, 0.05) is 4.37 Å². The Labute approximate surface area is 65.5 Å². The molecule has 0 aliphatic heterocycles. The highest BCUT2D eigenvalue weighted by Gasteiger charge is 2.01. The first-order chi connectivity index (χ1) is 5.24. The molecule has 0 saturated carbocycles. The number of nitrogens with two attached hydrogens (primary N) is 1. The number of nitrogen functional groups attached to an aromatic ring is 1. The molecule has 1 aromatic heterocycles. The monoisotopic (exact) mass is 176 g/mol. The fourth-order valence-electron chi connectivity index (χ4n) is 0.565. The summed E-state index contributed by atoms with van der Waals surface area (Å²) in [6, 6.07) is 0. The van der Waals surface area contributed by atoms with Crippen molar-refractivity contribution in [2.45, 2.75) is 0 Å². The molecule has 0 bridgehead atoms. The lowest BCUT2D eigenvalue weighted by atomic mass is 10.7. The lowest BCUT2D eigenvalue weighted by Gasteiger charge is -1.80. The van der Waals surface area contributed by atoms with Crippen LogP contribution in [0.1, 0.15) is 0 Å². The van der Waals surface area contributed by atoms with E-state index in [1.807, 2.05) is 0 Å². The quantitative estimate of drug-likeness (QED) is 0.482. The topological polar surface area (TPSA) is 110 Å². The predicted octanol–water partition coefficient (Wildman–Crippen LogP) is -1.39. The summed E-state index contributed by atoms with van der Waals surface area (Å²) in [5.41, 5.74) is 5.58. The molecule has 11 heavy (non-hydrogen) atoms. The van der Waals surface area contributed by atoms with Crippen LogP contribution in [0.25, 0.3) is 0 Å². The lowest BCUT2D eigenvalue weighted by Crippen LogP contribution is -2.10. The molecule has 0 aliphatic carbocycles. The second-order valence-corrected chi connectivity index (χ2v) is 2.67. The van der Waals surface area contributed by atoms with Gasteiger partial charge < -0.3 is 15.4 Å². The van der Waals surface area contributed by atoms with Gasteiger partial charge in [0.1, 0.15) is 0 Å². The maximum atomic E-state index is 10.6. The van der Waals surface area contributed by atoms with E-state index in [4.69, 9.17) is 10.8 Å². The molecular formula is C4H8N4O2S. The molecule has 1 aromatic rings. The van der Waals surface area contributed by atoms with Gasteiger partial charge in [-0.25, -0.2) is 0 Å². The van der Waals surface area contributed by atoms with Crippen molar-refractivity contribution in [2.75, 3.05) is 18.9 Å². The predicted molar refractivity (Wildman–Crippen MR) is 39.2 cm³/mol. The number of anilines is 1. The van der Waals surface area contributed by atoms with Crippen molar-refractivity contribution in [2.24, 2.45) is 4.99 Å². The molecule has 4 N–H and O–H groups in total. The molecule has 0 aliphatic rings. The van der Waals surface area contributed by atoms with Crippen LogP contribution in [0.3, 0.4) is 0 Å². The molecule has 0 amide bonds. The molecule has 0 spiro atoms.